The van der Waals surface area contributed by atoms with E-state index in [9.17, 15) is 5.11 Å². The Balaban J connectivity index is 1.54. The van der Waals surface area contributed by atoms with Gasteiger partial charge in [0.2, 0.25) is 0 Å². The monoisotopic (exact) mass is 484 g/mol. The summed E-state index contributed by atoms with van der Waals surface area (Å²) >= 11 is 8.33. The first-order valence-corrected chi connectivity index (χ1v) is 15.4. The van der Waals surface area contributed by atoms with Crippen LogP contribution in [0, 0.1) is 0 Å². The van der Waals surface area contributed by atoms with Crippen molar-refractivity contribution >= 4 is 47.0 Å². The van der Waals surface area contributed by atoms with Gasteiger partial charge in [-0.15, -0.1) is 23.5 Å². The van der Waals surface area contributed by atoms with Crippen molar-refractivity contribution in [1.29, 1.82) is 0 Å². The first kappa shape index (κ1) is 24.8. The van der Waals surface area contributed by atoms with E-state index < -0.39 is 0 Å². The van der Waals surface area contributed by atoms with Crippen molar-refractivity contribution in [1.82, 2.24) is 0 Å². The highest BCUT2D eigenvalue weighted by Crippen LogP contribution is 2.53. The molecule has 30 heavy (non-hydrogen) atoms. The molecule has 1 N–H and O–H groups in total. The van der Waals surface area contributed by atoms with Crippen molar-refractivity contribution < 1.29 is 9.84 Å². The maximum Gasteiger partial charge on any atom is 0.119 e. The first-order valence-electron chi connectivity index (χ1n) is 11.2. The molecule has 3 rings (SSSR count). The van der Waals surface area contributed by atoms with Crippen LogP contribution >= 0.6 is 47.0 Å². The van der Waals surface area contributed by atoms with E-state index in [1.807, 2.05) is 35.7 Å². The summed E-state index contributed by atoms with van der Waals surface area (Å²) in [7, 11) is 1.73. The molecule has 2 unspecified atom stereocenters. The standard InChI is InChI=1S/C24H36O2S4/c1-26-22-9-2-7-20(19-22)24(29-17-6-18-30-24)13-3-8-21(25)11-12-23-10-4-14-27-15-5-16-28-23/h2-3,7-9,19,21,23,25H,4-6,10-18H2,1H3/b8-3+. The minimum atomic E-state index is -0.325. The Kier molecular flexibility index (Phi) is 11.2. The van der Waals surface area contributed by atoms with Gasteiger partial charge in [0.25, 0.3) is 0 Å². The quantitative estimate of drug-likeness (QED) is 0.407. The van der Waals surface area contributed by atoms with Crippen molar-refractivity contribution in [2.75, 3.05) is 35.9 Å². The van der Waals surface area contributed by atoms with Gasteiger partial charge in [-0.1, -0.05) is 24.3 Å². The fourth-order valence-corrected chi connectivity index (χ4v) is 9.56. The smallest absolute Gasteiger partial charge is 0.119 e. The predicted molar refractivity (Wildman–Crippen MR) is 141 cm³/mol. The maximum absolute atomic E-state index is 10.6. The zero-order valence-electron chi connectivity index (χ0n) is 18.1. The maximum atomic E-state index is 10.6. The lowest BCUT2D eigenvalue weighted by Crippen LogP contribution is -2.22. The van der Waals surface area contributed by atoms with Crippen LogP contribution in [0.4, 0.5) is 0 Å². The molecule has 0 saturated carbocycles. The van der Waals surface area contributed by atoms with Gasteiger partial charge in [-0.05, 0) is 91.4 Å². The Morgan fingerprint density at radius 1 is 1.13 bits per heavy atom. The summed E-state index contributed by atoms with van der Waals surface area (Å²) in [6.07, 6.45) is 12.1. The number of benzene rings is 1. The second-order valence-corrected chi connectivity index (χ2v) is 13.6. The Bertz CT molecular complexity index is 636. The molecule has 0 aromatic heterocycles. The molecule has 0 aliphatic carbocycles. The number of hydrogen-bond acceptors (Lipinski definition) is 6. The van der Waals surface area contributed by atoms with Gasteiger partial charge in [0.15, 0.2) is 0 Å². The van der Waals surface area contributed by atoms with Crippen molar-refractivity contribution in [2.45, 2.75) is 60.4 Å². The number of rotatable bonds is 8. The molecule has 168 valence electrons. The van der Waals surface area contributed by atoms with E-state index in [2.05, 4.69) is 47.8 Å². The third-order valence-corrected chi connectivity index (χ3v) is 11.7. The summed E-state index contributed by atoms with van der Waals surface area (Å²) in [4.78, 5) is 0. The van der Waals surface area contributed by atoms with Crippen LogP contribution < -0.4 is 4.74 Å². The largest absolute Gasteiger partial charge is 0.497 e. The first-order chi connectivity index (χ1) is 14.7. The summed E-state index contributed by atoms with van der Waals surface area (Å²) in [5.41, 5.74) is 1.33. The van der Waals surface area contributed by atoms with E-state index in [1.165, 1.54) is 60.0 Å². The van der Waals surface area contributed by atoms with Crippen molar-refractivity contribution in [2.24, 2.45) is 0 Å². The summed E-state index contributed by atoms with van der Waals surface area (Å²) < 4.78 is 5.50. The number of aliphatic hydroxyl groups is 1. The van der Waals surface area contributed by atoms with Gasteiger partial charge < -0.3 is 9.84 Å². The highest BCUT2D eigenvalue weighted by Gasteiger charge is 2.34. The molecule has 0 spiro atoms. The number of hydrogen-bond donors (Lipinski definition) is 1. The fraction of sp³-hybridized carbons (Fsp3) is 0.667. The Morgan fingerprint density at radius 3 is 2.77 bits per heavy atom. The highest BCUT2D eigenvalue weighted by molar-refractivity contribution is 8.18. The summed E-state index contributed by atoms with van der Waals surface area (Å²) in [5.74, 6) is 7.21. The summed E-state index contributed by atoms with van der Waals surface area (Å²) in [6.45, 7) is 0. The molecule has 6 heteroatoms. The Labute approximate surface area is 200 Å². The van der Waals surface area contributed by atoms with Crippen LogP contribution in [-0.2, 0) is 4.08 Å². The van der Waals surface area contributed by atoms with E-state index in [4.69, 9.17) is 4.74 Å². The molecule has 0 amide bonds. The van der Waals surface area contributed by atoms with E-state index in [-0.39, 0.29) is 10.2 Å². The molecule has 2 heterocycles. The average molecular weight is 485 g/mol. The third-order valence-electron chi connectivity index (χ3n) is 5.60. The fourth-order valence-electron chi connectivity index (χ4n) is 3.91. The normalized spacial score (nSPS) is 24.0. The lowest BCUT2D eigenvalue weighted by Gasteiger charge is -2.36. The molecule has 2 aliphatic heterocycles. The molecular formula is C24H36O2S4. The van der Waals surface area contributed by atoms with Gasteiger partial charge in [-0.2, -0.15) is 23.5 Å². The van der Waals surface area contributed by atoms with Gasteiger partial charge >= 0.3 is 0 Å². The molecular weight excluding hydrogens is 449 g/mol. The van der Waals surface area contributed by atoms with E-state index in [0.29, 0.717) is 0 Å². The van der Waals surface area contributed by atoms with Crippen LogP contribution in [0.2, 0.25) is 0 Å². The Hall–Kier alpha value is 0.120. The molecule has 2 aliphatic rings. The van der Waals surface area contributed by atoms with Crippen LogP contribution in [0.3, 0.4) is 0 Å². The van der Waals surface area contributed by atoms with Gasteiger partial charge in [-0.3, -0.25) is 0 Å². The lowest BCUT2D eigenvalue weighted by atomic mass is 10.1. The van der Waals surface area contributed by atoms with E-state index >= 15 is 0 Å². The summed E-state index contributed by atoms with van der Waals surface area (Å²) in [6, 6.07) is 8.52. The van der Waals surface area contributed by atoms with Gasteiger partial charge in [0.1, 0.15) is 5.75 Å². The van der Waals surface area contributed by atoms with Gasteiger partial charge in [0.05, 0.1) is 17.3 Å². The zero-order chi connectivity index (χ0) is 21.1. The zero-order valence-corrected chi connectivity index (χ0v) is 21.4. The van der Waals surface area contributed by atoms with E-state index in [1.54, 1.807) is 7.11 Å². The Morgan fingerprint density at radius 2 is 1.93 bits per heavy atom. The van der Waals surface area contributed by atoms with E-state index in [0.717, 1.165) is 30.3 Å². The van der Waals surface area contributed by atoms with Gasteiger partial charge in [0, 0.05) is 5.25 Å². The third kappa shape index (κ3) is 7.91. The highest BCUT2D eigenvalue weighted by atomic mass is 32.2. The van der Waals surface area contributed by atoms with Gasteiger partial charge in [-0.25, -0.2) is 0 Å². The minimum absolute atomic E-state index is 0.0360. The number of aliphatic hydroxyl groups excluding tert-OH is 1. The lowest BCUT2D eigenvalue weighted by molar-refractivity contribution is 0.208. The van der Waals surface area contributed by atoms with Crippen LogP contribution in [0.5, 0.6) is 5.75 Å². The molecule has 2 nitrogen and oxygen atoms in total. The van der Waals surface area contributed by atoms with Crippen LogP contribution in [-0.4, -0.2) is 52.3 Å². The predicted octanol–water partition coefficient (Wildman–Crippen LogP) is 6.82. The molecule has 1 aromatic carbocycles. The van der Waals surface area contributed by atoms with Crippen LogP contribution in [0.15, 0.2) is 36.4 Å². The molecule has 0 bridgehead atoms. The van der Waals surface area contributed by atoms with Crippen LogP contribution in [0.1, 0.15) is 50.5 Å². The molecule has 2 fully saturated rings. The average Bonchev–Trinajstić information content (AvgIpc) is 2.92. The summed E-state index contributed by atoms with van der Waals surface area (Å²) in [5, 5.41) is 11.3. The van der Waals surface area contributed by atoms with Crippen molar-refractivity contribution in [3.63, 3.8) is 0 Å². The number of thioether (sulfide) groups is 4. The second kappa shape index (κ2) is 13.6. The molecule has 1 aromatic rings. The number of allylic oxidation sites excluding steroid dienone is 1. The number of methoxy groups -OCH3 is 1. The molecule has 2 saturated heterocycles. The molecule has 2 atom stereocenters. The SMILES string of the molecule is COc1cccc(C2(C/C=C/C(O)CCC3CCCSCCCS3)SCCCS2)c1. The van der Waals surface area contributed by atoms with Crippen molar-refractivity contribution in [3.8, 4) is 5.75 Å². The topological polar surface area (TPSA) is 29.5 Å². The van der Waals surface area contributed by atoms with Crippen LogP contribution in [0.25, 0.3) is 0 Å². The minimum Gasteiger partial charge on any atom is -0.497 e. The number of ether oxygens (including phenoxy) is 1. The molecule has 0 radical (unpaired) electrons. The second-order valence-electron chi connectivity index (χ2n) is 7.91. The van der Waals surface area contributed by atoms with Crippen molar-refractivity contribution in [3.05, 3.63) is 42.0 Å².